The lowest BCUT2D eigenvalue weighted by Gasteiger charge is -2.17. The molecule has 4 nitrogen and oxygen atoms in total. The lowest BCUT2D eigenvalue weighted by Crippen LogP contribution is -2.30. The molecule has 0 bridgehead atoms. The smallest absolute Gasteiger partial charge is 0.106 e. The predicted molar refractivity (Wildman–Crippen MR) is 54.5 cm³/mol. The fourth-order valence-corrected chi connectivity index (χ4v) is 1.68. The van der Waals surface area contributed by atoms with Crippen LogP contribution in [0.1, 0.15) is 6.42 Å². The van der Waals surface area contributed by atoms with Crippen molar-refractivity contribution in [3.05, 3.63) is 0 Å². The van der Waals surface area contributed by atoms with Gasteiger partial charge in [-0.15, -0.1) is 0 Å². The van der Waals surface area contributed by atoms with Crippen LogP contribution < -0.4 is 0 Å². The predicted octanol–water partition coefficient (Wildman–Crippen LogP) is 0.0643. The van der Waals surface area contributed by atoms with Gasteiger partial charge in [-0.25, -0.2) is 0 Å². The van der Waals surface area contributed by atoms with Crippen LogP contribution in [0.3, 0.4) is 0 Å². The van der Waals surface area contributed by atoms with Crippen molar-refractivity contribution in [1.82, 2.24) is 9.80 Å². The Bertz CT molecular complexity index is 230. The topological polar surface area (TPSA) is 31.2 Å². The maximum absolute atomic E-state index is 4.45. The van der Waals surface area contributed by atoms with Crippen LogP contribution in [-0.2, 0) is 0 Å². The third-order valence-electron chi connectivity index (χ3n) is 2.66. The van der Waals surface area contributed by atoms with Crippen molar-refractivity contribution < 1.29 is 0 Å². The van der Waals surface area contributed by atoms with Crippen LogP contribution in [0.5, 0.6) is 0 Å². The molecule has 0 aromatic rings. The normalized spacial score (nSPS) is 22.3. The molecule has 13 heavy (non-hydrogen) atoms. The van der Waals surface area contributed by atoms with Crippen molar-refractivity contribution in [3.63, 3.8) is 0 Å². The van der Waals surface area contributed by atoms with E-state index in [1.165, 1.54) is 11.7 Å². The summed E-state index contributed by atoms with van der Waals surface area (Å²) in [5.74, 6) is 2.38. The highest BCUT2D eigenvalue weighted by Gasteiger charge is 2.19. The Morgan fingerprint density at radius 2 is 1.46 bits per heavy atom. The summed E-state index contributed by atoms with van der Waals surface area (Å²) in [4.78, 5) is 13.3. The van der Waals surface area contributed by atoms with E-state index in [0.717, 1.165) is 32.6 Å². The molecule has 4 heteroatoms. The van der Waals surface area contributed by atoms with Crippen LogP contribution in [0, 0.1) is 0 Å². The number of rotatable bonds is 2. The van der Waals surface area contributed by atoms with Gasteiger partial charge in [-0.05, 0) is 0 Å². The van der Waals surface area contributed by atoms with Gasteiger partial charge in [0.15, 0.2) is 0 Å². The quantitative estimate of drug-likeness (QED) is 0.602. The van der Waals surface area contributed by atoms with Gasteiger partial charge in [-0.1, -0.05) is 0 Å². The zero-order chi connectivity index (χ0) is 9.26. The van der Waals surface area contributed by atoms with E-state index in [4.69, 9.17) is 0 Å². The van der Waals surface area contributed by atoms with Gasteiger partial charge in [-0.2, -0.15) is 0 Å². The first kappa shape index (κ1) is 8.53. The molecule has 0 saturated carbocycles. The number of hydrogen-bond acceptors (Lipinski definition) is 4. The Labute approximate surface area is 79.0 Å². The minimum Gasteiger partial charge on any atom is -0.361 e. The molecule has 0 saturated heterocycles. The van der Waals surface area contributed by atoms with E-state index in [9.17, 15) is 0 Å². The highest BCUT2D eigenvalue weighted by molar-refractivity contribution is 6.03. The molecule has 0 N–H and O–H groups in total. The first-order valence-electron chi connectivity index (χ1n) is 4.76. The summed E-state index contributed by atoms with van der Waals surface area (Å²) < 4.78 is 0. The van der Waals surface area contributed by atoms with Gasteiger partial charge in [-0.3, -0.25) is 9.98 Å². The van der Waals surface area contributed by atoms with Crippen LogP contribution in [0.25, 0.3) is 0 Å². The van der Waals surface area contributed by atoms with Crippen molar-refractivity contribution in [2.24, 2.45) is 9.98 Å². The second kappa shape index (κ2) is 3.36. The van der Waals surface area contributed by atoms with E-state index in [-0.39, 0.29) is 0 Å². The molecule has 2 heterocycles. The molecule has 0 fully saturated rings. The van der Waals surface area contributed by atoms with Crippen LogP contribution in [0.4, 0.5) is 0 Å². The standard InChI is InChI=1S/C9H16N4/c1-12-5-3-10-8(12)7-9-11-4-6-13(9)2/h3-7H2,1-2H3. The Morgan fingerprint density at radius 1 is 1.00 bits per heavy atom. The summed E-state index contributed by atoms with van der Waals surface area (Å²) in [6.07, 6.45) is 0.910. The SMILES string of the molecule is CN1CCN=C1CC1=NCCN1C. The highest BCUT2D eigenvalue weighted by atomic mass is 15.3. The minimum absolute atomic E-state index is 0.910. The Morgan fingerprint density at radius 3 is 1.77 bits per heavy atom. The summed E-state index contributed by atoms with van der Waals surface area (Å²) in [7, 11) is 4.20. The van der Waals surface area contributed by atoms with E-state index >= 15 is 0 Å². The van der Waals surface area contributed by atoms with E-state index in [2.05, 4.69) is 33.9 Å². The van der Waals surface area contributed by atoms with Crippen molar-refractivity contribution in [2.75, 3.05) is 40.3 Å². The van der Waals surface area contributed by atoms with E-state index < -0.39 is 0 Å². The second-order valence-electron chi connectivity index (χ2n) is 3.62. The first-order chi connectivity index (χ1) is 6.27. The Kier molecular flexibility index (Phi) is 2.20. The largest absolute Gasteiger partial charge is 0.361 e. The minimum atomic E-state index is 0.910. The number of amidine groups is 2. The maximum atomic E-state index is 4.45. The summed E-state index contributed by atoms with van der Waals surface area (Å²) in [6, 6.07) is 0. The van der Waals surface area contributed by atoms with Gasteiger partial charge < -0.3 is 9.80 Å². The number of hydrogen-bond donors (Lipinski definition) is 0. The molecule has 0 radical (unpaired) electrons. The molecule has 0 aromatic carbocycles. The molecule has 0 unspecified atom stereocenters. The molecule has 2 rings (SSSR count). The summed E-state index contributed by atoms with van der Waals surface area (Å²) in [5, 5.41) is 0. The number of aliphatic imine (C=N–C) groups is 2. The lowest BCUT2D eigenvalue weighted by atomic mass is 10.3. The van der Waals surface area contributed by atoms with Gasteiger partial charge in [0.1, 0.15) is 11.7 Å². The molecule has 0 atom stereocenters. The van der Waals surface area contributed by atoms with Gasteiger partial charge in [0.25, 0.3) is 0 Å². The molecule has 2 aliphatic rings. The molecule has 0 aliphatic carbocycles. The van der Waals surface area contributed by atoms with E-state index in [1.807, 2.05) is 0 Å². The van der Waals surface area contributed by atoms with Crippen LogP contribution in [0.15, 0.2) is 9.98 Å². The van der Waals surface area contributed by atoms with Crippen molar-refractivity contribution in [2.45, 2.75) is 6.42 Å². The molecule has 2 aliphatic heterocycles. The Hall–Kier alpha value is -1.06. The molecular formula is C9H16N4. The first-order valence-corrected chi connectivity index (χ1v) is 4.76. The van der Waals surface area contributed by atoms with Crippen LogP contribution in [-0.4, -0.2) is 61.7 Å². The molecule has 72 valence electrons. The molecule has 0 aromatic heterocycles. The van der Waals surface area contributed by atoms with Crippen molar-refractivity contribution in [1.29, 1.82) is 0 Å². The fourth-order valence-electron chi connectivity index (χ4n) is 1.68. The number of likely N-dealkylation sites (N-methyl/N-ethyl adjacent to an activating group) is 2. The second-order valence-corrected chi connectivity index (χ2v) is 3.62. The van der Waals surface area contributed by atoms with Gasteiger partial charge >= 0.3 is 0 Å². The maximum Gasteiger partial charge on any atom is 0.106 e. The summed E-state index contributed by atoms with van der Waals surface area (Å²) in [5.41, 5.74) is 0. The fraction of sp³-hybridized carbons (Fsp3) is 0.778. The summed E-state index contributed by atoms with van der Waals surface area (Å²) in [6.45, 7) is 4.02. The highest BCUT2D eigenvalue weighted by Crippen LogP contribution is 2.08. The zero-order valence-electron chi connectivity index (χ0n) is 8.32. The van der Waals surface area contributed by atoms with Gasteiger partial charge in [0.05, 0.1) is 19.5 Å². The molecule has 0 spiro atoms. The average Bonchev–Trinajstić information content (AvgIpc) is 2.65. The van der Waals surface area contributed by atoms with Crippen molar-refractivity contribution >= 4 is 11.7 Å². The number of nitrogens with zero attached hydrogens (tertiary/aromatic N) is 4. The van der Waals surface area contributed by atoms with E-state index in [1.54, 1.807) is 0 Å². The van der Waals surface area contributed by atoms with Gasteiger partial charge in [0, 0.05) is 27.2 Å². The van der Waals surface area contributed by atoms with E-state index in [0.29, 0.717) is 0 Å². The van der Waals surface area contributed by atoms with Crippen LogP contribution in [0.2, 0.25) is 0 Å². The van der Waals surface area contributed by atoms with Crippen molar-refractivity contribution in [3.8, 4) is 0 Å². The lowest BCUT2D eigenvalue weighted by molar-refractivity contribution is 0.533. The van der Waals surface area contributed by atoms with Gasteiger partial charge in [0.2, 0.25) is 0 Å². The zero-order valence-corrected chi connectivity index (χ0v) is 8.32. The molecular weight excluding hydrogens is 164 g/mol. The third-order valence-corrected chi connectivity index (χ3v) is 2.66. The summed E-state index contributed by atoms with van der Waals surface area (Å²) >= 11 is 0. The molecule has 0 amide bonds. The third kappa shape index (κ3) is 1.66. The Balaban J connectivity index is 1.97. The monoisotopic (exact) mass is 180 g/mol. The van der Waals surface area contributed by atoms with Crippen LogP contribution >= 0.6 is 0 Å². The average molecular weight is 180 g/mol.